The Balaban J connectivity index is 1.79. The Kier molecular flexibility index (Phi) is 3.54. The van der Waals surface area contributed by atoms with Gasteiger partial charge in [-0.25, -0.2) is 4.68 Å². The van der Waals surface area contributed by atoms with Crippen molar-refractivity contribution in [2.45, 2.75) is 32.2 Å². The van der Waals surface area contributed by atoms with Crippen LogP contribution < -0.4 is 10.5 Å². The minimum absolute atomic E-state index is 0.596. The van der Waals surface area contributed by atoms with E-state index in [0.29, 0.717) is 11.4 Å². The molecule has 20 heavy (non-hydrogen) atoms. The van der Waals surface area contributed by atoms with E-state index in [1.165, 1.54) is 19.3 Å². The molecule has 1 aromatic heterocycles. The van der Waals surface area contributed by atoms with Gasteiger partial charge in [-0.1, -0.05) is 19.3 Å². The fourth-order valence-electron chi connectivity index (χ4n) is 2.52. The zero-order valence-electron chi connectivity index (χ0n) is 11.6. The van der Waals surface area contributed by atoms with Gasteiger partial charge in [0.25, 0.3) is 0 Å². The van der Waals surface area contributed by atoms with E-state index in [2.05, 4.69) is 15.5 Å². The molecular formula is C14H19N5O. The molecule has 0 aliphatic heterocycles. The first-order valence-electron chi connectivity index (χ1n) is 6.98. The maximum absolute atomic E-state index is 5.94. The van der Waals surface area contributed by atoms with Crippen molar-refractivity contribution >= 4 is 5.69 Å². The van der Waals surface area contributed by atoms with Crippen molar-refractivity contribution in [3.63, 3.8) is 0 Å². The van der Waals surface area contributed by atoms with Crippen molar-refractivity contribution in [3.8, 4) is 17.1 Å². The Morgan fingerprint density at radius 1 is 1.40 bits per heavy atom. The monoisotopic (exact) mass is 273 g/mol. The third kappa shape index (κ3) is 2.45. The van der Waals surface area contributed by atoms with Gasteiger partial charge in [0, 0.05) is 12.1 Å². The van der Waals surface area contributed by atoms with E-state index < -0.39 is 0 Å². The first kappa shape index (κ1) is 12.9. The zero-order chi connectivity index (χ0) is 13.9. The molecule has 2 N–H and O–H groups in total. The molecule has 6 nitrogen and oxygen atoms in total. The lowest BCUT2D eigenvalue weighted by atomic mass is 9.83. The van der Waals surface area contributed by atoms with Crippen LogP contribution in [0, 0.1) is 5.92 Å². The molecule has 6 heteroatoms. The second-order valence-electron chi connectivity index (χ2n) is 5.27. The maximum Gasteiger partial charge on any atom is 0.182 e. The minimum atomic E-state index is 0.596. The predicted molar refractivity (Wildman–Crippen MR) is 76.2 cm³/mol. The van der Waals surface area contributed by atoms with Gasteiger partial charge < -0.3 is 10.5 Å². The van der Waals surface area contributed by atoms with Crippen LogP contribution in [0.1, 0.15) is 25.7 Å². The molecule has 106 valence electrons. The molecule has 1 aromatic carbocycles. The number of aromatic nitrogens is 4. The predicted octanol–water partition coefficient (Wildman–Crippen LogP) is 2.12. The number of benzene rings is 1. The van der Waals surface area contributed by atoms with E-state index >= 15 is 0 Å². The van der Waals surface area contributed by atoms with Crippen LogP contribution in [-0.2, 0) is 6.54 Å². The number of ether oxygens (including phenoxy) is 1. The average Bonchev–Trinajstić information content (AvgIpc) is 2.85. The Morgan fingerprint density at radius 3 is 2.90 bits per heavy atom. The van der Waals surface area contributed by atoms with Gasteiger partial charge in [-0.05, 0) is 41.0 Å². The summed E-state index contributed by atoms with van der Waals surface area (Å²) in [7, 11) is 1.61. The molecule has 0 amide bonds. The van der Waals surface area contributed by atoms with E-state index in [4.69, 9.17) is 10.5 Å². The molecular weight excluding hydrogens is 254 g/mol. The average molecular weight is 273 g/mol. The normalized spacial score (nSPS) is 15.1. The van der Waals surface area contributed by atoms with Gasteiger partial charge in [-0.3, -0.25) is 0 Å². The SMILES string of the molecule is COc1ccc(-c2nnnn2CCC2CCC2)cc1N. The Morgan fingerprint density at radius 2 is 2.25 bits per heavy atom. The first-order chi connectivity index (χ1) is 9.78. The van der Waals surface area contributed by atoms with Crippen molar-refractivity contribution in [2.75, 3.05) is 12.8 Å². The van der Waals surface area contributed by atoms with Gasteiger partial charge in [0.1, 0.15) is 5.75 Å². The Labute approximate surface area is 117 Å². The molecule has 2 aromatic rings. The molecule has 0 atom stereocenters. The zero-order valence-corrected chi connectivity index (χ0v) is 11.6. The summed E-state index contributed by atoms with van der Waals surface area (Å²) in [6, 6.07) is 5.63. The van der Waals surface area contributed by atoms with Crippen LogP contribution in [0.3, 0.4) is 0 Å². The van der Waals surface area contributed by atoms with Crippen molar-refractivity contribution in [1.82, 2.24) is 20.2 Å². The lowest BCUT2D eigenvalue weighted by molar-refractivity contribution is 0.277. The molecule has 1 aliphatic rings. The number of rotatable bonds is 5. The molecule has 3 rings (SSSR count). The number of nitrogens with zero attached hydrogens (tertiary/aromatic N) is 4. The van der Waals surface area contributed by atoms with Crippen molar-refractivity contribution in [3.05, 3.63) is 18.2 Å². The molecule has 0 unspecified atom stereocenters. The van der Waals surface area contributed by atoms with Gasteiger partial charge in [-0.2, -0.15) is 0 Å². The van der Waals surface area contributed by atoms with E-state index in [-0.39, 0.29) is 0 Å². The second-order valence-corrected chi connectivity index (χ2v) is 5.27. The van der Waals surface area contributed by atoms with Gasteiger partial charge in [0.15, 0.2) is 5.82 Å². The Hall–Kier alpha value is -2.11. The van der Waals surface area contributed by atoms with Crippen LogP contribution in [0.15, 0.2) is 18.2 Å². The molecule has 1 aliphatic carbocycles. The van der Waals surface area contributed by atoms with Crippen molar-refractivity contribution in [1.29, 1.82) is 0 Å². The van der Waals surface area contributed by atoms with Crippen molar-refractivity contribution in [2.24, 2.45) is 5.92 Å². The minimum Gasteiger partial charge on any atom is -0.495 e. The van der Waals surface area contributed by atoms with Crippen LogP contribution in [0.2, 0.25) is 0 Å². The standard InChI is InChI=1S/C14H19N5O/c1-20-13-6-5-11(9-12(13)15)14-16-17-18-19(14)8-7-10-3-2-4-10/h5-6,9-10H,2-4,7-8,15H2,1H3. The van der Waals surface area contributed by atoms with Gasteiger partial charge >= 0.3 is 0 Å². The lowest BCUT2D eigenvalue weighted by Crippen LogP contribution is -2.15. The maximum atomic E-state index is 5.94. The van der Waals surface area contributed by atoms with E-state index in [0.717, 1.165) is 30.3 Å². The highest BCUT2D eigenvalue weighted by Gasteiger charge is 2.18. The van der Waals surface area contributed by atoms with Gasteiger partial charge in [0.05, 0.1) is 12.8 Å². The quantitative estimate of drug-likeness (QED) is 0.844. The third-order valence-electron chi connectivity index (χ3n) is 3.99. The largest absolute Gasteiger partial charge is 0.495 e. The Bertz CT molecular complexity index is 591. The molecule has 0 radical (unpaired) electrons. The topological polar surface area (TPSA) is 78.9 Å². The van der Waals surface area contributed by atoms with E-state index in [1.807, 2.05) is 22.9 Å². The van der Waals surface area contributed by atoms with Crippen molar-refractivity contribution < 1.29 is 4.74 Å². The summed E-state index contributed by atoms with van der Waals surface area (Å²) in [5, 5.41) is 12.0. The number of hydrogen-bond acceptors (Lipinski definition) is 5. The number of hydrogen-bond donors (Lipinski definition) is 1. The summed E-state index contributed by atoms with van der Waals surface area (Å²) in [5.74, 6) is 2.27. The van der Waals surface area contributed by atoms with Crippen LogP contribution in [0.4, 0.5) is 5.69 Å². The van der Waals surface area contributed by atoms with Gasteiger partial charge in [0.2, 0.25) is 0 Å². The van der Waals surface area contributed by atoms with Crippen LogP contribution in [0.25, 0.3) is 11.4 Å². The number of tetrazole rings is 1. The third-order valence-corrected chi connectivity index (χ3v) is 3.99. The first-order valence-corrected chi connectivity index (χ1v) is 6.98. The number of methoxy groups -OCH3 is 1. The molecule has 1 heterocycles. The number of nitrogens with two attached hydrogens (primary N) is 1. The number of nitrogen functional groups attached to an aromatic ring is 1. The fourth-order valence-corrected chi connectivity index (χ4v) is 2.52. The molecule has 0 bridgehead atoms. The lowest BCUT2D eigenvalue weighted by Gasteiger charge is -2.24. The van der Waals surface area contributed by atoms with E-state index in [1.54, 1.807) is 7.11 Å². The number of anilines is 1. The van der Waals surface area contributed by atoms with E-state index in [9.17, 15) is 0 Å². The molecule has 1 saturated carbocycles. The number of aryl methyl sites for hydroxylation is 1. The highest BCUT2D eigenvalue weighted by Crippen LogP contribution is 2.31. The highest BCUT2D eigenvalue weighted by molar-refractivity contribution is 5.66. The summed E-state index contributed by atoms with van der Waals surface area (Å²) in [4.78, 5) is 0. The second kappa shape index (κ2) is 5.48. The van der Waals surface area contributed by atoms with Crippen LogP contribution in [0.5, 0.6) is 5.75 Å². The summed E-state index contributed by atoms with van der Waals surface area (Å²) in [5.41, 5.74) is 7.45. The highest BCUT2D eigenvalue weighted by atomic mass is 16.5. The summed E-state index contributed by atoms with van der Waals surface area (Å²) < 4.78 is 7.03. The van der Waals surface area contributed by atoms with Crippen LogP contribution in [-0.4, -0.2) is 27.3 Å². The molecule has 0 saturated heterocycles. The molecule has 0 spiro atoms. The van der Waals surface area contributed by atoms with Gasteiger partial charge in [-0.15, -0.1) is 5.10 Å². The fraction of sp³-hybridized carbons (Fsp3) is 0.500. The summed E-state index contributed by atoms with van der Waals surface area (Å²) in [6.07, 6.45) is 5.19. The molecule has 1 fully saturated rings. The summed E-state index contributed by atoms with van der Waals surface area (Å²) in [6.45, 7) is 0.860. The smallest absolute Gasteiger partial charge is 0.182 e. The summed E-state index contributed by atoms with van der Waals surface area (Å²) >= 11 is 0. The van der Waals surface area contributed by atoms with Crippen LogP contribution >= 0.6 is 0 Å².